The molecule has 0 atom stereocenters. The lowest BCUT2D eigenvalue weighted by Crippen LogP contribution is -2.53. The Bertz CT molecular complexity index is 1070. The summed E-state index contributed by atoms with van der Waals surface area (Å²) >= 11 is 6.19. The van der Waals surface area contributed by atoms with Crippen molar-refractivity contribution < 1.29 is 19.1 Å². The molecule has 166 valence electrons. The Morgan fingerprint density at radius 2 is 1.50 bits per heavy atom. The van der Waals surface area contributed by atoms with Crippen LogP contribution < -0.4 is 36.1 Å². The molecule has 3 aromatic rings. The van der Waals surface area contributed by atoms with Crippen molar-refractivity contribution in [2.75, 3.05) is 30.0 Å². The highest BCUT2D eigenvalue weighted by molar-refractivity contribution is 6.32. The summed E-state index contributed by atoms with van der Waals surface area (Å²) in [6.07, 6.45) is 0. The Hall–Kier alpha value is -4.11. The third kappa shape index (κ3) is 5.73. The van der Waals surface area contributed by atoms with E-state index in [2.05, 4.69) is 21.6 Å². The van der Waals surface area contributed by atoms with Crippen molar-refractivity contribution in [3.8, 4) is 11.5 Å². The van der Waals surface area contributed by atoms with Crippen molar-refractivity contribution in [3.05, 3.63) is 77.8 Å². The largest absolute Gasteiger partial charge is 0.495 e. The van der Waals surface area contributed by atoms with E-state index in [1.165, 1.54) is 20.3 Å². The number of para-hydroxylation sites is 2. The molecule has 0 unspecified atom stereocenters. The van der Waals surface area contributed by atoms with Gasteiger partial charge in [0.1, 0.15) is 11.5 Å². The molecule has 9 nitrogen and oxygen atoms in total. The maximum Gasteiger partial charge on any atom is 0.352 e. The Morgan fingerprint density at radius 1 is 0.875 bits per heavy atom. The number of hydrazine groups is 2. The molecular formula is C22H22ClN5O4. The fourth-order valence-electron chi connectivity index (χ4n) is 2.72. The first-order chi connectivity index (χ1) is 15.5. The van der Waals surface area contributed by atoms with Crippen LogP contribution in [0.4, 0.5) is 26.7 Å². The molecule has 32 heavy (non-hydrogen) atoms. The van der Waals surface area contributed by atoms with E-state index in [1.54, 1.807) is 48.5 Å². The summed E-state index contributed by atoms with van der Waals surface area (Å²) < 4.78 is 10.5. The van der Waals surface area contributed by atoms with E-state index in [-0.39, 0.29) is 5.02 Å². The molecule has 0 aliphatic rings. The van der Waals surface area contributed by atoms with Crippen LogP contribution in [0.25, 0.3) is 0 Å². The van der Waals surface area contributed by atoms with E-state index in [4.69, 9.17) is 21.1 Å². The molecule has 0 fully saturated rings. The first kappa shape index (κ1) is 22.6. The lowest BCUT2D eigenvalue weighted by Gasteiger charge is -2.24. The molecule has 0 aliphatic heterocycles. The van der Waals surface area contributed by atoms with Crippen molar-refractivity contribution in [2.45, 2.75) is 0 Å². The quantitative estimate of drug-likeness (QED) is 0.405. The van der Waals surface area contributed by atoms with Gasteiger partial charge >= 0.3 is 12.1 Å². The second kappa shape index (κ2) is 10.8. The van der Waals surface area contributed by atoms with Gasteiger partial charge in [-0.15, -0.1) is 0 Å². The Morgan fingerprint density at radius 3 is 2.12 bits per heavy atom. The summed E-state index contributed by atoms with van der Waals surface area (Å²) in [7, 11) is 2.93. The molecule has 4 amide bonds. The van der Waals surface area contributed by atoms with Crippen molar-refractivity contribution in [2.24, 2.45) is 0 Å². The van der Waals surface area contributed by atoms with Crippen LogP contribution in [0.15, 0.2) is 72.8 Å². The van der Waals surface area contributed by atoms with Gasteiger partial charge < -0.3 is 14.8 Å². The molecular weight excluding hydrogens is 434 g/mol. The molecule has 10 heteroatoms. The predicted molar refractivity (Wildman–Crippen MR) is 124 cm³/mol. The van der Waals surface area contributed by atoms with E-state index >= 15 is 0 Å². The number of nitrogens with zero attached hydrogens (tertiary/aromatic N) is 1. The summed E-state index contributed by atoms with van der Waals surface area (Å²) in [5, 5.41) is 4.03. The van der Waals surface area contributed by atoms with Crippen LogP contribution in [0.3, 0.4) is 0 Å². The van der Waals surface area contributed by atoms with Gasteiger partial charge in [0.15, 0.2) is 0 Å². The SMILES string of the molecule is COc1cc(OC)c(NC(=O)N(NC(=O)NNc2ccccc2)c2ccccc2)cc1Cl. The standard InChI is InChI=1S/C22H22ClN5O4/c1-31-19-14-20(32-2)18(13-17(19)23)24-22(30)28(16-11-7-4-8-12-16)27-21(29)26-25-15-9-5-3-6-10-15/h3-14,25H,1-2H3,(H,24,30)(H2,26,27,29). The van der Waals surface area contributed by atoms with Gasteiger partial charge in [-0.2, -0.15) is 0 Å². The number of nitrogens with one attached hydrogen (secondary N) is 4. The van der Waals surface area contributed by atoms with Crippen LogP contribution in [0.5, 0.6) is 11.5 Å². The van der Waals surface area contributed by atoms with Crippen LogP contribution >= 0.6 is 11.6 Å². The zero-order valence-electron chi connectivity index (χ0n) is 17.4. The fourth-order valence-corrected chi connectivity index (χ4v) is 2.96. The van der Waals surface area contributed by atoms with Crippen LogP contribution in [-0.4, -0.2) is 26.3 Å². The molecule has 4 N–H and O–H groups in total. The Kier molecular flexibility index (Phi) is 7.60. The fraction of sp³-hybridized carbons (Fsp3) is 0.0909. The number of urea groups is 2. The summed E-state index contributed by atoms with van der Waals surface area (Å²) in [4.78, 5) is 25.5. The summed E-state index contributed by atoms with van der Waals surface area (Å²) in [5.74, 6) is 0.730. The van der Waals surface area contributed by atoms with E-state index < -0.39 is 12.1 Å². The molecule has 0 bridgehead atoms. The lowest BCUT2D eigenvalue weighted by molar-refractivity contribution is 0.236. The van der Waals surface area contributed by atoms with Crippen LogP contribution in [0, 0.1) is 0 Å². The highest BCUT2D eigenvalue weighted by atomic mass is 35.5. The second-order valence-electron chi connectivity index (χ2n) is 6.35. The molecule has 0 saturated heterocycles. The monoisotopic (exact) mass is 455 g/mol. The first-order valence-electron chi connectivity index (χ1n) is 9.47. The highest BCUT2D eigenvalue weighted by Crippen LogP contribution is 2.36. The average Bonchev–Trinajstić information content (AvgIpc) is 2.82. The minimum Gasteiger partial charge on any atom is -0.495 e. The van der Waals surface area contributed by atoms with Gasteiger partial charge in [-0.3, -0.25) is 10.9 Å². The third-order valence-corrected chi connectivity index (χ3v) is 4.54. The van der Waals surface area contributed by atoms with Gasteiger partial charge in [0, 0.05) is 6.07 Å². The van der Waals surface area contributed by atoms with E-state index in [1.807, 2.05) is 18.2 Å². The molecule has 3 rings (SSSR count). The highest BCUT2D eigenvalue weighted by Gasteiger charge is 2.21. The predicted octanol–water partition coefficient (Wildman–Crippen LogP) is 4.64. The molecule has 0 spiro atoms. The number of carbonyl (C=O) groups excluding carboxylic acids is 2. The lowest BCUT2D eigenvalue weighted by atomic mass is 10.2. The summed E-state index contributed by atoms with van der Waals surface area (Å²) in [6.45, 7) is 0. The maximum atomic E-state index is 13.1. The minimum absolute atomic E-state index is 0.285. The number of ether oxygens (including phenoxy) is 2. The maximum absolute atomic E-state index is 13.1. The molecule has 3 aromatic carbocycles. The number of hydrogen-bond donors (Lipinski definition) is 4. The summed E-state index contributed by atoms with van der Waals surface area (Å²) in [5.41, 5.74) is 9.15. The zero-order valence-corrected chi connectivity index (χ0v) is 18.1. The van der Waals surface area contributed by atoms with Crippen molar-refractivity contribution in [1.82, 2.24) is 10.9 Å². The minimum atomic E-state index is -0.660. The smallest absolute Gasteiger partial charge is 0.352 e. The van der Waals surface area contributed by atoms with E-state index in [0.29, 0.717) is 28.6 Å². The van der Waals surface area contributed by atoms with Gasteiger partial charge in [0.2, 0.25) is 0 Å². The summed E-state index contributed by atoms with van der Waals surface area (Å²) in [6, 6.07) is 19.4. The topological polar surface area (TPSA) is 104 Å². The van der Waals surface area contributed by atoms with Crippen LogP contribution in [0.1, 0.15) is 0 Å². The average molecular weight is 456 g/mol. The number of amides is 4. The Balaban J connectivity index is 1.78. The number of anilines is 3. The second-order valence-corrected chi connectivity index (χ2v) is 6.75. The number of methoxy groups -OCH3 is 2. The van der Waals surface area contributed by atoms with Crippen molar-refractivity contribution >= 4 is 40.7 Å². The van der Waals surface area contributed by atoms with Crippen molar-refractivity contribution in [1.29, 1.82) is 0 Å². The van der Waals surface area contributed by atoms with E-state index in [9.17, 15) is 9.59 Å². The number of carbonyl (C=O) groups is 2. The van der Waals surface area contributed by atoms with Gasteiger partial charge in [-0.25, -0.2) is 20.0 Å². The number of rotatable bonds is 6. The van der Waals surface area contributed by atoms with Crippen LogP contribution in [-0.2, 0) is 0 Å². The van der Waals surface area contributed by atoms with Gasteiger partial charge in [-0.05, 0) is 30.3 Å². The van der Waals surface area contributed by atoms with Gasteiger partial charge in [0.25, 0.3) is 0 Å². The van der Waals surface area contributed by atoms with Gasteiger partial charge in [0.05, 0.1) is 36.3 Å². The molecule has 0 radical (unpaired) electrons. The molecule has 0 aliphatic carbocycles. The Labute approximate surface area is 190 Å². The molecule has 0 heterocycles. The zero-order chi connectivity index (χ0) is 22.9. The normalized spacial score (nSPS) is 9.97. The first-order valence-corrected chi connectivity index (χ1v) is 9.85. The van der Waals surface area contributed by atoms with Gasteiger partial charge in [-0.1, -0.05) is 48.0 Å². The molecule has 0 aromatic heterocycles. The van der Waals surface area contributed by atoms with E-state index in [0.717, 1.165) is 5.01 Å². The number of hydrogen-bond acceptors (Lipinski definition) is 5. The van der Waals surface area contributed by atoms with Crippen molar-refractivity contribution in [3.63, 3.8) is 0 Å². The third-order valence-electron chi connectivity index (χ3n) is 4.24. The van der Waals surface area contributed by atoms with Crippen LogP contribution in [0.2, 0.25) is 5.02 Å². The molecule has 0 saturated carbocycles. The number of benzene rings is 3. The number of halogens is 1.